The number of nitrogens with one attached hydrogen (secondary N) is 1. The van der Waals surface area contributed by atoms with Crippen LogP contribution >= 0.6 is 0 Å². The molecule has 0 unspecified atom stereocenters. The number of rotatable bonds is 4. The minimum absolute atomic E-state index is 0.149. The second kappa shape index (κ2) is 6.38. The van der Waals surface area contributed by atoms with Crippen LogP contribution in [0.25, 0.3) is 11.0 Å². The maximum Gasteiger partial charge on any atom is 0.291 e. The number of para-hydroxylation sites is 1. The number of benzene rings is 1. The molecule has 0 saturated heterocycles. The van der Waals surface area contributed by atoms with Crippen molar-refractivity contribution in [2.75, 3.05) is 27.2 Å². The van der Waals surface area contributed by atoms with Crippen molar-refractivity contribution in [3.05, 3.63) is 75.9 Å². The number of hydrogen-bond donors (Lipinski definition) is 1. The van der Waals surface area contributed by atoms with Crippen molar-refractivity contribution in [3.8, 4) is 0 Å². The van der Waals surface area contributed by atoms with E-state index in [1.165, 1.54) is 4.90 Å². The first-order valence-corrected chi connectivity index (χ1v) is 8.63. The molecule has 0 spiro atoms. The number of pyridine rings is 1. The fourth-order valence-electron chi connectivity index (χ4n) is 3.43. The number of amides is 1. The Morgan fingerprint density at radius 1 is 1.15 bits per heavy atom. The van der Waals surface area contributed by atoms with E-state index in [0.29, 0.717) is 23.1 Å². The molecule has 132 valence electrons. The molecular formula is C20H20N3O3+. The van der Waals surface area contributed by atoms with E-state index in [0.717, 1.165) is 12.1 Å². The number of hydrogen-bond acceptors (Lipinski definition) is 4. The van der Waals surface area contributed by atoms with Crippen molar-refractivity contribution in [1.82, 2.24) is 9.88 Å². The average molecular weight is 350 g/mol. The highest BCUT2D eigenvalue weighted by molar-refractivity contribution is 5.99. The molecule has 0 saturated carbocycles. The van der Waals surface area contributed by atoms with E-state index in [1.807, 2.05) is 26.2 Å². The van der Waals surface area contributed by atoms with Crippen molar-refractivity contribution in [3.63, 3.8) is 0 Å². The lowest BCUT2D eigenvalue weighted by Gasteiger charge is -2.25. The molecule has 1 aromatic carbocycles. The van der Waals surface area contributed by atoms with Gasteiger partial charge in [0.2, 0.25) is 5.76 Å². The molecule has 1 amide bonds. The molecule has 3 aromatic rings. The van der Waals surface area contributed by atoms with Gasteiger partial charge in [0, 0.05) is 12.4 Å². The molecule has 1 N–H and O–H groups in total. The summed E-state index contributed by atoms with van der Waals surface area (Å²) >= 11 is 0. The number of fused-ring (bicyclic) bond motifs is 2. The van der Waals surface area contributed by atoms with E-state index in [9.17, 15) is 9.59 Å². The van der Waals surface area contributed by atoms with E-state index < -0.39 is 6.04 Å². The van der Waals surface area contributed by atoms with Crippen molar-refractivity contribution >= 4 is 16.9 Å². The van der Waals surface area contributed by atoms with Crippen LogP contribution in [0, 0.1) is 0 Å². The third-order valence-corrected chi connectivity index (χ3v) is 4.73. The van der Waals surface area contributed by atoms with Gasteiger partial charge in [0.15, 0.2) is 5.43 Å². The molecule has 0 bridgehead atoms. The smallest absolute Gasteiger partial charge is 0.291 e. The standard InChI is InChI=1S/C20H19N3O3/c1-22(2)10-11-23-17(13-6-5-9-21-12-13)16-18(24)14-7-3-4-8-15(14)26-19(16)20(23)25/h3-9,12,17H,10-11H2,1-2H3/p+1/t17-/m1/s1. The first-order chi connectivity index (χ1) is 12.6. The average Bonchev–Trinajstić information content (AvgIpc) is 2.93. The van der Waals surface area contributed by atoms with Crippen LogP contribution in [-0.4, -0.2) is 43.0 Å². The maximum atomic E-state index is 13.2. The lowest BCUT2D eigenvalue weighted by Crippen LogP contribution is -3.06. The van der Waals surface area contributed by atoms with Crippen LogP contribution in [0.5, 0.6) is 0 Å². The van der Waals surface area contributed by atoms with Gasteiger partial charge in [0.05, 0.1) is 44.2 Å². The summed E-state index contributed by atoms with van der Waals surface area (Å²) in [5.74, 6) is -0.0886. The number of carbonyl (C=O) groups excluding carboxylic acids is 1. The lowest BCUT2D eigenvalue weighted by atomic mass is 10.00. The van der Waals surface area contributed by atoms with E-state index >= 15 is 0 Å². The SMILES string of the molecule is C[NH+](C)CCN1C(=O)c2oc3ccccc3c(=O)c2[C@H]1c1cccnc1. The maximum absolute atomic E-state index is 13.2. The Labute approximate surface area is 150 Å². The van der Waals surface area contributed by atoms with E-state index in [-0.39, 0.29) is 17.1 Å². The summed E-state index contributed by atoms with van der Waals surface area (Å²) in [7, 11) is 4.06. The van der Waals surface area contributed by atoms with Crippen LogP contribution in [0.3, 0.4) is 0 Å². The summed E-state index contributed by atoms with van der Waals surface area (Å²) in [6.45, 7) is 1.30. The van der Waals surface area contributed by atoms with Gasteiger partial charge in [-0.15, -0.1) is 0 Å². The van der Waals surface area contributed by atoms with Crippen LogP contribution < -0.4 is 10.3 Å². The van der Waals surface area contributed by atoms with Crippen LogP contribution in [0.15, 0.2) is 58.0 Å². The molecule has 1 aliphatic rings. The van der Waals surface area contributed by atoms with Gasteiger partial charge < -0.3 is 14.2 Å². The quantitative estimate of drug-likeness (QED) is 0.758. The molecule has 26 heavy (non-hydrogen) atoms. The van der Waals surface area contributed by atoms with Gasteiger partial charge in [-0.25, -0.2) is 0 Å². The Bertz CT molecular complexity index is 1030. The Kier molecular flexibility index (Phi) is 4.05. The Hall–Kier alpha value is -2.99. The van der Waals surface area contributed by atoms with E-state index in [2.05, 4.69) is 4.98 Å². The monoisotopic (exact) mass is 350 g/mol. The molecule has 0 fully saturated rings. The topological polar surface area (TPSA) is 67.8 Å². The number of likely N-dealkylation sites (N-methyl/N-ethyl adjacent to an activating group) is 1. The molecule has 6 nitrogen and oxygen atoms in total. The molecule has 0 aliphatic carbocycles. The highest BCUT2D eigenvalue weighted by Gasteiger charge is 2.42. The number of nitrogens with zero attached hydrogens (tertiary/aromatic N) is 2. The van der Waals surface area contributed by atoms with Gasteiger partial charge in [-0.3, -0.25) is 14.6 Å². The number of carbonyl (C=O) groups is 1. The molecule has 3 heterocycles. The molecule has 6 heteroatoms. The van der Waals surface area contributed by atoms with Gasteiger partial charge in [-0.05, 0) is 23.8 Å². The zero-order valence-corrected chi connectivity index (χ0v) is 14.7. The lowest BCUT2D eigenvalue weighted by molar-refractivity contribution is -0.857. The molecule has 1 aliphatic heterocycles. The second-order valence-corrected chi connectivity index (χ2v) is 6.81. The van der Waals surface area contributed by atoms with Gasteiger partial charge in [0.25, 0.3) is 5.91 Å². The number of quaternary nitrogens is 1. The molecule has 0 radical (unpaired) electrons. The second-order valence-electron chi connectivity index (χ2n) is 6.81. The number of aromatic nitrogens is 1. The van der Waals surface area contributed by atoms with E-state index in [4.69, 9.17) is 4.42 Å². The van der Waals surface area contributed by atoms with Crippen molar-refractivity contribution in [1.29, 1.82) is 0 Å². The summed E-state index contributed by atoms with van der Waals surface area (Å²) in [5, 5.41) is 0.494. The fraction of sp³-hybridized carbons (Fsp3) is 0.250. The Morgan fingerprint density at radius 3 is 2.69 bits per heavy atom. The highest BCUT2D eigenvalue weighted by atomic mass is 16.3. The molecule has 2 aromatic heterocycles. The zero-order chi connectivity index (χ0) is 18.3. The van der Waals surface area contributed by atoms with Crippen LogP contribution in [0.1, 0.15) is 27.7 Å². The molecule has 1 atom stereocenters. The molecule has 4 rings (SSSR count). The van der Waals surface area contributed by atoms with Crippen LogP contribution in [-0.2, 0) is 0 Å². The van der Waals surface area contributed by atoms with Gasteiger partial charge >= 0.3 is 0 Å². The van der Waals surface area contributed by atoms with Gasteiger partial charge in [0.1, 0.15) is 5.58 Å². The largest absolute Gasteiger partial charge is 0.450 e. The first kappa shape index (κ1) is 16.5. The summed E-state index contributed by atoms with van der Waals surface area (Å²) in [6.07, 6.45) is 3.38. The van der Waals surface area contributed by atoms with Crippen molar-refractivity contribution in [2.45, 2.75) is 6.04 Å². The van der Waals surface area contributed by atoms with Crippen LogP contribution in [0.2, 0.25) is 0 Å². The molecular weight excluding hydrogens is 330 g/mol. The van der Waals surface area contributed by atoms with Crippen molar-refractivity contribution in [2.24, 2.45) is 0 Å². The normalized spacial score (nSPS) is 16.5. The van der Waals surface area contributed by atoms with E-state index in [1.54, 1.807) is 41.6 Å². The zero-order valence-electron chi connectivity index (χ0n) is 14.7. The predicted molar refractivity (Wildman–Crippen MR) is 97.3 cm³/mol. The summed E-state index contributed by atoms with van der Waals surface area (Å²) < 4.78 is 5.87. The summed E-state index contributed by atoms with van der Waals surface area (Å²) in [4.78, 5) is 33.3. The summed E-state index contributed by atoms with van der Waals surface area (Å²) in [5.41, 5.74) is 1.52. The third kappa shape index (κ3) is 2.59. The highest BCUT2D eigenvalue weighted by Crippen LogP contribution is 2.37. The Morgan fingerprint density at radius 2 is 1.96 bits per heavy atom. The van der Waals surface area contributed by atoms with Crippen LogP contribution in [0.4, 0.5) is 0 Å². The summed E-state index contributed by atoms with van der Waals surface area (Å²) in [6, 6.07) is 10.3. The predicted octanol–water partition coefficient (Wildman–Crippen LogP) is 0.878. The first-order valence-electron chi connectivity index (χ1n) is 8.63. The Balaban J connectivity index is 1.93. The van der Waals surface area contributed by atoms with Crippen molar-refractivity contribution < 1.29 is 14.1 Å². The fourth-order valence-corrected chi connectivity index (χ4v) is 3.43. The third-order valence-electron chi connectivity index (χ3n) is 4.73. The van der Waals surface area contributed by atoms with Gasteiger partial charge in [-0.2, -0.15) is 0 Å². The minimum atomic E-state index is -0.466. The minimum Gasteiger partial charge on any atom is -0.450 e. The van der Waals surface area contributed by atoms with Gasteiger partial charge in [-0.1, -0.05) is 18.2 Å².